The topological polar surface area (TPSA) is 60.4 Å². The molecule has 0 amide bonds. The van der Waals surface area contributed by atoms with Gasteiger partial charge in [-0.3, -0.25) is 14.4 Å². The van der Waals surface area contributed by atoms with E-state index in [1.165, 1.54) is 6.42 Å². The minimum atomic E-state index is -0.315. The van der Waals surface area contributed by atoms with E-state index in [0.29, 0.717) is 18.0 Å². The fourth-order valence-electron chi connectivity index (χ4n) is 6.81. The Hall–Kier alpha value is -1.45. The van der Waals surface area contributed by atoms with Crippen molar-refractivity contribution in [2.75, 3.05) is 0 Å². The van der Waals surface area contributed by atoms with Crippen molar-refractivity contribution in [3.05, 3.63) is 12.2 Å². The van der Waals surface area contributed by atoms with E-state index in [0.717, 1.165) is 32.1 Å². The summed E-state index contributed by atoms with van der Waals surface area (Å²) in [6.45, 7) is 2.05. The summed E-state index contributed by atoms with van der Waals surface area (Å²) < 4.78 is 5.85. The van der Waals surface area contributed by atoms with Crippen LogP contribution >= 0.6 is 0 Å². The number of carbonyl (C=O) groups excluding carboxylic acids is 3. The summed E-state index contributed by atoms with van der Waals surface area (Å²) in [7, 11) is 0. The number of fused-ring (bicyclic) bond motifs is 9. The quantitative estimate of drug-likeness (QED) is 0.449. The van der Waals surface area contributed by atoms with Crippen molar-refractivity contribution in [2.45, 2.75) is 57.5 Å². The molecule has 0 saturated heterocycles. The van der Waals surface area contributed by atoms with Gasteiger partial charge in [-0.05, 0) is 56.8 Å². The smallest absolute Gasteiger partial charge is 0.306 e. The molecule has 7 unspecified atom stereocenters. The van der Waals surface area contributed by atoms with Gasteiger partial charge >= 0.3 is 5.97 Å². The lowest BCUT2D eigenvalue weighted by Crippen LogP contribution is -2.36. The van der Waals surface area contributed by atoms with Crippen LogP contribution in [0, 0.1) is 41.4 Å². The molecule has 4 fully saturated rings. The zero-order chi connectivity index (χ0) is 17.3. The van der Waals surface area contributed by atoms with E-state index >= 15 is 0 Å². The van der Waals surface area contributed by atoms with E-state index in [4.69, 9.17) is 4.74 Å². The van der Waals surface area contributed by atoms with Gasteiger partial charge in [-0.1, -0.05) is 18.6 Å². The van der Waals surface area contributed by atoms with E-state index < -0.39 is 0 Å². The van der Waals surface area contributed by atoms with Crippen LogP contribution in [0.4, 0.5) is 0 Å². The summed E-state index contributed by atoms with van der Waals surface area (Å²) in [4.78, 5) is 37.7. The number of ether oxygens (including phenoxy) is 1. The third kappa shape index (κ3) is 2.15. The van der Waals surface area contributed by atoms with E-state index in [9.17, 15) is 14.4 Å². The van der Waals surface area contributed by atoms with Crippen molar-refractivity contribution >= 4 is 17.5 Å². The van der Waals surface area contributed by atoms with Crippen molar-refractivity contribution in [2.24, 2.45) is 41.4 Å². The molecule has 0 spiro atoms. The van der Waals surface area contributed by atoms with Crippen LogP contribution in [0.5, 0.6) is 0 Å². The second-order valence-electron chi connectivity index (χ2n) is 9.21. The van der Waals surface area contributed by atoms with E-state index in [2.05, 4.69) is 0 Å². The maximum Gasteiger partial charge on any atom is 0.306 e. The monoisotopic (exact) mass is 342 g/mol. The summed E-state index contributed by atoms with van der Waals surface area (Å²) in [6, 6.07) is 0. The lowest BCUT2D eigenvalue weighted by molar-refractivity contribution is -0.163. The predicted octanol–water partition coefficient (Wildman–Crippen LogP) is 3.09. The molecule has 4 bridgehead atoms. The number of allylic oxidation sites excluding steroid dienone is 2. The Labute approximate surface area is 148 Å². The second kappa shape index (κ2) is 5.28. The van der Waals surface area contributed by atoms with E-state index in [-0.39, 0.29) is 53.0 Å². The molecule has 25 heavy (non-hydrogen) atoms. The van der Waals surface area contributed by atoms with Gasteiger partial charge in [0, 0.05) is 30.1 Å². The average Bonchev–Trinajstić information content (AvgIpc) is 3.24. The predicted molar refractivity (Wildman–Crippen MR) is 90.4 cm³/mol. The highest BCUT2D eigenvalue weighted by Crippen LogP contribution is 2.64. The Balaban J connectivity index is 1.29. The van der Waals surface area contributed by atoms with Crippen molar-refractivity contribution in [3.63, 3.8) is 0 Å². The maximum absolute atomic E-state index is 12.8. The molecule has 4 saturated carbocycles. The van der Waals surface area contributed by atoms with Crippen molar-refractivity contribution in [3.8, 4) is 0 Å². The Morgan fingerprint density at radius 3 is 2.48 bits per heavy atom. The minimum absolute atomic E-state index is 0.00182. The molecule has 5 aliphatic carbocycles. The first-order chi connectivity index (χ1) is 12.0. The number of carbonyl (C=O) groups is 3. The Kier molecular flexibility index (Phi) is 3.33. The van der Waals surface area contributed by atoms with Gasteiger partial charge in [0.2, 0.25) is 0 Å². The van der Waals surface area contributed by atoms with Crippen LogP contribution in [0.25, 0.3) is 0 Å². The van der Waals surface area contributed by atoms with Gasteiger partial charge in [0.1, 0.15) is 17.2 Å². The number of esters is 1. The first kappa shape index (κ1) is 15.8. The standard InChI is InChI=1S/C21H26O4/c1-21(7-3-2-4-8-21)25-15(22)10-11-9-14-17-12-5-6-13(19(12)23)18(17)16(11)20(14)24/h5-6,11-14,16-18H,2-4,7-10H2,1H3. The molecule has 0 aromatic rings. The zero-order valence-corrected chi connectivity index (χ0v) is 14.8. The van der Waals surface area contributed by atoms with Gasteiger partial charge in [0.25, 0.3) is 0 Å². The molecule has 0 heterocycles. The average molecular weight is 342 g/mol. The van der Waals surface area contributed by atoms with Gasteiger partial charge in [-0.25, -0.2) is 0 Å². The second-order valence-corrected chi connectivity index (χ2v) is 9.21. The molecule has 0 radical (unpaired) electrons. The van der Waals surface area contributed by atoms with Crippen LogP contribution in [0.3, 0.4) is 0 Å². The molecule has 4 heteroatoms. The van der Waals surface area contributed by atoms with Crippen LogP contribution in [0.1, 0.15) is 51.9 Å². The highest BCUT2D eigenvalue weighted by molar-refractivity contribution is 5.99. The summed E-state index contributed by atoms with van der Waals surface area (Å²) in [5.74, 6) is 0.785. The van der Waals surface area contributed by atoms with Crippen LogP contribution in [0.2, 0.25) is 0 Å². The van der Waals surface area contributed by atoms with Gasteiger partial charge in [-0.15, -0.1) is 0 Å². The summed E-state index contributed by atoms with van der Waals surface area (Å²) in [5, 5.41) is 0. The van der Waals surface area contributed by atoms with Crippen LogP contribution in [-0.4, -0.2) is 23.1 Å². The van der Waals surface area contributed by atoms with Gasteiger partial charge < -0.3 is 4.74 Å². The van der Waals surface area contributed by atoms with Crippen LogP contribution in [-0.2, 0) is 19.1 Å². The SMILES string of the molecule is CC1(OC(=O)CC2CC3C(=O)C2C2C4C=CC(C4=O)C32)CCCCC1. The van der Waals surface area contributed by atoms with E-state index in [1.54, 1.807) is 0 Å². The molecule has 5 rings (SSSR count). The number of Topliss-reactive ketones (excluding diaryl/α,β-unsaturated/α-hetero) is 2. The molecular weight excluding hydrogens is 316 g/mol. The minimum Gasteiger partial charge on any atom is -0.459 e. The van der Waals surface area contributed by atoms with Gasteiger partial charge in [0.15, 0.2) is 0 Å². The number of hydrogen-bond acceptors (Lipinski definition) is 4. The molecule has 4 nitrogen and oxygen atoms in total. The summed E-state index contributed by atoms with van der Waals surface area (Å²) >= 11 is 0. The third-order valence-electron chi connectivity index (χ3n) is 7.79. The van der Waals surface area contributed by atoms with E-state index in [1.807, 2.05) is 19.1 Å². The van der Waals surface area contributed by atoms with Crippen molar-refractivity contribution in [1.29, 1.82) is 0 Å². The summed E-state index contributed by atoms with van der Waals surface area (Å²) in [6.07, 6.45) is 10.5. The Morgan fingerprint density at radius 1 is 1.08 bits per heavy atom. The lowest BCUT2D eigenvalue weighted by Gasteiger charge is -2.36. The van der Waals surface area contributed by atoms with Gasteiger partial charge in [0.05, 0.1) is 0 Å². The number of hydrogen-bond donors (Lipinski definition) is 0. The molecule has 0 aromatic carbocycles. The first-order valence-corrected chi connectivity index (χ1v) is 9.96. The van der Waals surface area contributed by atoms with Crippen LogP contribution in [0.15, 0.2) is 12.2 Å². The number of rotatable bonds is 3. The highest BCUT2D eigenvalue weighted by Gasteiger charge is 2.68. The Morgan fingerprint density at radius 2 is 1.76 bits per heavy atom. The molecule has 0 N–H and O–H groups in total. The maximum atomic E-state index is 12.8. The molecule has 7 atom stereocenters. The fraction of sp³-hybridized carbons (Fsp3) is 0.762. The molecule has 0 aliphatic heterocycles. The molecule has 0 aromatic heterocycles. The molecule has 5 aliphatic rings. The normalized spacial score (nSPS) is 45.9. The highest BCUT2D eigenvalue weighted by atomic mass is 16.6. The van der Waals surface area contributed by atoms with Crippen molar-refractivity contribution in [1.82, 2.24) is 0 Å². The summed E-state index contributed by atoms with van der Waals surface area (Å²) in [5.41, 5.74) is -0.315. The fourth-order valence-corrected chi connectivity index (χ4v) is 6.81. The van der Waals surface area contributed by atoms with Crippen LogP contribution < -0.4 is 0 Å². The Bertz CT molecular complexity index is 671. The van der Waals surface area contributed by atoms with Gasteiger partial charge in [-0.2, -0.15) is 0 Å². The van der Waals surface area contributed by atoms with Crippen molar-refractivity contribution < 1.29 is 19.1 Å². The first-order valence-electron chi connectivity index (χ1n) is 9.96. The molecular formula is C21H26O4. The lowest BCUT2D eigenvalue weighted by atomic mass is 9.69. The largest absolute Gasteiger partial charge is 0.459 e. The zero-order valence-electron chi connectivity index (χ0n) is 14.8. The molecule has 134 valence electrons. The number of ketones is 2. The third-order valence-corrected chi connectivity index (χ3v) is 7.79.